The van der Waals surface area contributed by atoms with Crippen molar-refractivity contribution in [3.05, 3.63) is 18.3 Å². The number of nitrogens with zero attached hydrogens (tertiary/aromatic N) is 3. The minimum absolute atomic E-state index is 0.291. The van der Waals surface area contributed by atoms with Gasteiger partial charge in [-0.2, -0.15) is 0 Å². The smallest absolute Gasteiger partial charge is 0.411 e. The number of piperidine rings is 1. The van der Waals surface area contributed by atoms with Gasteiger partial charge >= 0.3 is 6.09 Å². The van der Waals surface area contributed by atoms with Crippen LogP contribution in [0.15, 0.2) is 18.3 Å². The molecule has 3 aliphatic rings. The first-order valence-electron chi connectivity index (χ1n) is 10.1. The Kier molecular flexibility index (Phi) is 5.39. The summed E-state index contributed by atoms with van der Waals surface area (Å²) in [6, 6.07) is 4.03. The van der Waals surface area contributed by atoms with Crippen molar-refractivity contribution in [3.63, 3.8) is 0 Å². The van der Waals surface area contributed by atoms with Gasteiger partial charge in [-0.25, -0.2) is 9.78 Å². The number of anilines is 2. The minimum atomic E-state index is -0.517. The first-order chi connectivity index (χ1) is 13.6. The molecule has 152 valence electrons. The van der Waals surface area contributed by atoms with E-state index < -0.39 is 6.09 Å². The maximum atomic E-state index is 13.3. The second kappa shape index (κ2) is 7.95. The van der Waals surface area contributed by atoms with Crippen LogP contribution in [0.1, 0.15) is 32.1 Å². The highest BCUT2D eigenvalue weighted by Crippen LogP contribution is 2.42. The van der Waals surface area contributed by atoms with E-state index in [1.165, 1.54) is 7.11 Å². The molecule has 28 heavy (non-hydrogen) atoms. The number of carbonyl (C=O) groups is 2. The largest absolute Gasteiger partial charge is 0.453 e. The number of nitrogens with one attached hydrogen (secondary N) is 1. The van der Waals surface area contributed by atoms with E-state index in [2.05, 4.69) is 24.8 Å². The Morgan fingerprint density at radius 1 is 1.29 bits per heavy atom. The molecule has 2 amide bonds. The van der Waals surface area contributed by atoms with Crippen LogP contribution in [0.25, 0.3) is 0 Å². The zero-order valence-electron chi connectivity index (χ0n) is 16.4. The van der Waals surface area contributed by atoms with E-state index in [0.717, 1.165) is 64.2 Å². The summed E-state index contributed by atoms with van der Waals surface area (Å²) < 4.78 is 10.1. The third-order valence-corrected chi connectivity index (χ3v) is 6.26. The fourth-order valence-electron chi connectivity index (χ4n) is 4.71. The van der Waals surface area contributed by atoms with E-state index in [4.69, 9.17) is 4.74 Å². The van der Waals surface area contributed by atoms with Crippen LogP contribution in [-0.4, -0.2) is 67.9 Å². The van der Waals surface area contributed by atoms with Crippen LogP contribution in [-0.2, 0) is 14.3 Å². The van der Waals surface area contributed by atoms with Gasteiger partial charge in [-0.05, 0) is 44.2 Å². The average Bonchev–Trinajstić information content (AvgIpc) is 3.04. The molecule has 0 bridgehead atoms. The van der Waals surface area contributed by atoms with E-state index >= 15 is 0 Å². The average molecular weight is 388 g/mol. The summed E-state index contributed by atoms with van der Waals surface area (Å²) in [6.45, 7) is 3.96. The predicted octanol–water partition coefficient (Wildman–Crippen LogP) is 2.26. The van der Waals surface area contributed by atoms with Crippen molar-refractivity contribution in [1.29, 1.82) is 0 Å². The number of carbonyl (C=O) groups excluding carboxylic acids is 2. The molecule has 0 saturated carbocycles. The molecule has 0 unspecified atom stereocenters. The van der Waals surface area contributed by atoms with Crippen molar-refractivity contribution in [2.24, 2.45) is 5.41 Å². The zero-order chi connectivity index (χ0) is 19.6. The monoisotopic (exact) mass is 388 g/mol. The SMILES string of the molecule is COC(=O)Nc1ccc(N2CCC[C@]3(CCN(C4CCOCC4)C3=O)C2)nc1. The summed E-state index contributed by atoms with van der Waals surface area (Å²) in [5.74, 6) is 1.15. The summed E-state index contributed by atoms with van der Waals surface area (Å²) in [7, 11) is 1.33. The maximum absolute atomic E-state index is 13.3. The van der Waals surface area contributed by atoms with Crippen LogP contribution in [0.3, 0.4) is 0 Å². The minimum Gasteiger partial charge on any atom is -0.453 e. The van der Waals surface area contributed by atoms with Gasteiger partial charge in [0.05, 0.1) is 24.4 Å². The van der Waals surface area contributed by atoms with Gasteiger partial charge in [0.25, 0.3) is 0 Å². The first kappa shape index (κ1) is 19.0. The highest BCUT2D eigenvalue weighted by molar-refractivity contribution is 5.86. The van der Waals surface area contributed by atoms with E-state index in [1.54, 1.807) is 6.20 Å². The lowest BCUT2D eigenvalue weighted by molar-refractivity contribution is -0.139. The number of rotatable bonds is 3. The Morgan fingerprint density at radius 3 is 2.82 bits per heavy atom. The van der Waals surface area contributed by atoms with Crippen molar-refractivity contribution in [1.82, 2.24) is 9.88 Å². The molecule has 3 saturated heterocycles. The molecule has 0 radical (unpaired) electrons. The molecule has 3 fully saturated rings. The van der Waals surface area contributed by atoms with Crippen LogP contribution >= 0.6 is 0 Å². The normalized spacial score (nSPS) is 26.0. The van der Waals surface area contributed by atoms with Gasteiger partial charge in [0, 0.05) is 38.9 Å². The van der Waals surface area contributed by atoms with E-state index in [9.17, 15) is 9.59 Å². The van der Waals surface area contributed by atoms with Gasteiger partial charge in [0.2, 0.25) is 5.91 Å². The summed E-state index contributed by atoms with van der Waals surface area (Å²) in [6.07, 6.45) is 5.85. The third-order valence-electron chi connectivity index (χ3n) is 6.26. The molecule has 8 heteroatoms. The molecule has 1 spiro atoms. The quantitative estimate of drug-likeness (QED) is 0.855. The van der Waals surface area contributed by atoms with Gasteiger partial charge in [-0.3, -0.25) is 10.1 Å². The molecule has 1 atom stereocenters. The number of hydrogen-bond acceptors (Lipinski definition) is 6. The summed E-state index contributed by atoms with van der Waals surface area (Å²) >= 11 is 0. The molecular weight excluding hydrogens is 360 g/mol. The molecule has 8 nitrogen and oxygen atoms in total. The number of amides is 2. The molecule has 1 aromatic heterocycles. The van der Waals surface area contributed by atoms with Crippen LogP contribution in [0.4, 0.5) is 16.3 Å². The summed E-state index contributed by atoms with van der Waals surface area (Å²) in [4.78, 5) is 33.5. The van der Waals surface area contributed by atoms with Crippen LogP contribution in [0, 0.1) is 5.41 Å². The number of aromatic nitrogens is 1. The maximum Gasteiger partial charge on any atom is 0.411 e. The van der Waals surface area contributed by atoms with E-state index in [-0.39, 0.29) is 5.41 Å². The zero-order valence-corrected chi connectivity index (χ0v) is 16.4. The number of ether oxygens (including phenoxy) is 2. The third kappa shape index (κ3) is 3.65. The lowest BCUT2D eigenvalue weighted by Gasteiger charge is -2.40. The Balaban J connectivity index is 1.44. The van der Waals surface area contributed by atoms with Crippen molar-refractivity contribution in [3.8, 4) is 0 Å². The highest BCUT2D eigenvalue weighted by Gasteiger charge is 2.50. The molecular formula is C20H28N4O4. The standard InChI is InChI=1S/C20H28N4O4/c1-27-19(26)22-15-3-4-17(21-13-15)23-9-2-7-20(14-23)8-10-24(18(20)25)16-5-11-28-12-6-16/h3-4,13,16H,2,5-12,14H2,1H3,(H,22,26)/t20-/m0/s1. The topological polar surface area (TPSA) is 84.0 Å². The first-order valence-corrected chi connectivity index (χ1v) is 10.1. The lowest BCUT2D eigenvalue weighted by Crippen LogP contribution is -2.50. The van der Waals surface area contributed by atoms with E-state index in [1.807, 2.05) is 12.1 Å². The summed E-state index contributed by atoms with van der Waals surface area (Å²) in [5.41, 5.74) is 0.297. The van der Waals surface area contributed by atoms with Gasteiger partial charge in [-0.15, -0.1) is 0 Å². The van der Waals surface area contributed by atoms with Crippen molar-refractivity contribution in [2.75, 3.05) is 50.2 Å². The lowest BCUT2D eigenvalue weighted by atomic mass is 9.78. The molecule has 4 heterocycles. The molecule has 4 rings (SSSR count). The van der Waals surface area contributed by atoms with Crippen LogP contribution < -0.4 is 10.2 Å². The van der Waals surface area contributed by atoms with Crippen LogP contribution in [0.5, 0.6) is 0 Å². The number of methoxy groups -OCH3 is 1. The van der Waals surface area contributed by atoms with E-state index in [0.29, 0.717) is 24.2 Å². The second-order valence-electron chi connectivity index (χ2n) is 7.92. The van der Waals surface area contributed by atoms with Gasteiger partial charge < -0.3 is 19.3 Å². The summed E-state index contributed by atoms with van der Waals surface area (Å²) in [5, 5.41) is 2.61. The number of hydrogen-bond donors (Lipinski definition) is 1. The number of likely N-dealkylation sites (tertiary alicyclic amines) is 1. The number of pyridine rings is 1. The molecule has 1 aromatic rings. The highest BCUT2D eigenvalue weighted by atomic mass is 16.5. The fourth-order valence-corrected chi connectivity index (χ4v) is 4.71. The molecule has 1 N–H and O–H groups in total. The Morgan fingerprint density at radius 2 is 2.11 bits per heavy atom. The second-order valence-corrected chi connectivity index (χ2v) is 7.92. The van der Waals surface area contributed by atoms with Gasteiger partial charge in [0.15, 0.2) is 0 Å². The van der Waals surface area contributed by atoms with Crippen molar-refractivity contribution < 1.29 is 19.1 Å². The molecule has 0 aromatic carbocycles. The molecule has 0 aliphatic carbocycles. The fraction of sp³-hybridized carbons (Fsp3) is 0.650. The predicted molar refractivity (Wildman–Crippen MR) is 104 cm³/mol. The van der Waals surface area contributed by atoms with Crippen molar-refractivity contribution >= 4 is 23.5 Å². The Hall–Kier alpha value is -2.35. The van der Waals surface area contributed by atoms with Crippen LogP contribution in [0.2, 0.25) is 0 Å². The Labute approximate surface area is 165 Å². The molecule has 3 aliphatic heterocycles. The van der Waals surface area contributed by atoms with Crippen molar-refractivity contribution in [2.45, 2.75) is 38.1 Å². The van der Waals surface area contributed by atoms with Gasteiger partial charge in [-0.1, -0.05) is 0 Å². The van der Waals surface area contributed by atoms with Gasteiger partial charge in [0.1, 0.15) is 5.82 Å². The Bertz CT molecular complexity index is 719.